The van der Waals surface area contributed by atoms with E-state index in [2.05, 4.69) is 5.32 Å². The summed E-state index contributed by atoms with van der Waals surface area (Å²) in [5.74, 6) is -0.274. The maximum atomic E-state index is 13.6. The van der Waals surface area contributed by atoms with Crippen LogP contribution in [0.15, 0.2) is 53.4 Å². The zero-order valence-electron chi connectivity index (χ0n) is 13.5. The Labute approximate surface area is 154 Å². The monoisotopic (exact) mass is 378 g/mol. The van der Waals surface area contributed by atoms with Gasteiger partial charge in [-0.3, -0.25) is 9.69 Å². The van der Waals surface area contributed by atoms with Crippen LogP contribution >= 0.6 is 23.4 Å². The molecule has 25 heavy (non-hydrogen) atoms. The first-order valence-corrected chi connectivity index (χ1v) is 9.06. The van der Waals surface area contributed by atoms with Crippen molar-refractivity contribution in [2.45, 2.75) is 17.4 Å². The average Bonchev–Trinajstić information content (AvgIpc) is 2.80. The van der Waals surface area contributed by atoms with Crippen molar-refractivity contribution in [1.29, 1.82) is 0 Å². The Morgan fingerprint density at radius 1 is 1.16 bits per heavy atom. The Bertz CT molecular complexity index is 832. The number of rotatable bonds is 5. The van der Waals surface area contributed by atoms with Crippen molar-refractivity contribution in [2.24, 2.45) is 0 Å². The predicted molar refractivity (Wildman–Crippen MR) is 96.2 cm³/mol. The van der Waals surface area contributed by atoms with Crippen LogP contribution in [0.3, 0.4) is 0 Å². The molecule has 0 aromatic heterocycles. The summed E-state index contributed by atoms with van der Waals surface area (Å²) in [5.41, 5.74) is -0.641. The lowest BCUT2D eigenvalue weighted by atomic mass is 9.92. The molecule has 1 atom stereocenters. The van der Waals surface area contributed by atoms with Crippen LogP contribution in [0.5, 0.6) is 0 Å². The average molecular weight is 379 g/mol. The summed E-state index contributed by atoms with van der Waals surface area (Å²) in [6.07, 6.45) is 0. The van der Waals surface area contributed by atoms with Crippen molar-refractivity contribution in [1.82, 2.24) is 10.2 Å². The van der Waals surface area contributed by atoms with E-state index < -0.39 is 11.6 Å². The summed E-state index contributed by atoms with van der Waals surface area (Å²) in [6, 6.07) is 12.9. The fourth-order valence-corrected chi connectivity index (χ4v) is 3.96. The number of urea groups is 1. The van der Waals surface area contributed by atoms with E-state index in [1.54, 1.807) is 49.4 Å². The smallest absolute Gasteiger partial charge is 0.319 e. The molecule has 0 bridgehead atoms. The second-order valence-electron chi connectivity index (χ2n) is 5.77. The molecule has 0 saturated carbocycles. The van der Waals surface area contributed by atoms with Crippen LogP contribution in [0.4, 0.5) is 9.18 Å². The number of imide groups is 1. The first-order chi connectivity index (χ1) is 11.9. The quantitative estimate of drug-likeness (QED) is 0.631. The molecule has 2 aromatic carbocycles. The van der Waals surface area contributed by atoms with Crippen molar-refractivity contribution in [3.63, 3.8) is 0 Å². The molecule has 0 spiro atoms. The molecule has 130 valence electrons. The zero-order valence-corrected chi connectivity index (χ0v) is 15.0. The second-order valence-corrected chi connectivity index (χ2v) is 7.31. The van der Waals surface area contributed by atoms with Gasteiger partial charge < -0.3 is 5.32 Å². The molecule has 1 saturated heterocycles. The van der Waals surface area contributed by atoms with Crippen molar-refractivity contribution < 1.29 is 14.0 Å². The lowest BCUT2D eigenvalue weighted by Crippen LogP contribution is -2.41. The van der Waals surface area contributed by atoms with Crippen molar-refractivity contribution in [3.05, 3.63) is 64.9 Å². The Morgan fingerprint density at radius 3 is 2.56 bits per heavy atom. The normalized spacial score (nSPS) is 20.0. The van der Waals surface area contributed by atoms with Crippen LogP contribution in [0, 0.1) is 5.82 Å². The number of thioether (sulfide) groups is 1. The molecule has 3 rings (SSSR count). The molecule has 1 fully saturated rings. The van der Waals surface area contributed by atoms with Crippen LogP contribution in [0.2, 0.25) is 5.02 Å². The van der Waals surface area contributed by atoms with Gasteiger partial charge in [0.25, 0.3) is 5.91 Å². The van der Waals surface area contributed by atoms with E-state index in [1.165, 1.54) is 17.8 Å². The molecule has 1 aliphatic heterocycles. The summed E-state index contributed by atoms with van der Waals surface area (Å²) in [6.45, 7) is 1.82. The third-order valence-corrected chi connectivity index (χ3v) is 5.45. The van der Waals surface area contributed by atoms with Crippen molar-refractivity contribution in [3.8, 4) is 0 Å². The first-order valence-electron chi connectivity index (χ1n) is 7.70. The molecule has 0 aliphatic carbocycles. The third-order valence-electron chi connectivity index (χ3n) is 4.10. The lowest BCUT2D eigenvalue weighted by molar-refractivity contribution is -0.130. The minimum absolute atomic E-state index is 0.184. The summed E-state index contributed by atoms with van der Waals surface area (Å²) < 4.78 is 13.6. The Balaban J connectivity index is 1.72. The fraction of sp³-hybridized carbons (Fsp3) is 0.222. The molecular formula is C18H16ClFN2O2S. The van der Waals surface area contributed by atoms with Gasteiger partial charge in [-0.1, -0.05) is 41.9 Å². The number of halogens is 2. The van der Waals surface area contributed by atoms with Gasteiger partial charge in [0.2, 0.25) is 0 Å². The minimum atomic E-state index is -1.20. The largest absolute Gasteiger partial charge is 0.325 e. The lowest BCUT2D eigenvalue weighted by Gasteiger charge is -2.23. The zero-order chi connectivity index (χ0) is 18.0. The van der Waals surface area contributed by atoms with Gasteiger partial charge in [0, 0.05) is 27.8 Å². The number of amides is 3. The van der Waals surface area contributed by atoms with E-state index in [4.69, 9.17) is 11.6 Å². The number of carbonyl (C=O) groups excluding carboxylic acids is 2. The van der Waals surface area contributed by atoms with Crippen LogP contribution in [0.1, 0.15) is 12.5 Å². The number of hydrogen-bond donors (Lipinski definition) is 1. The van der Waals surface area contributed by atoms with Crippen molar-refractivity contribution >= 4 is 35.3 Å². The van der Waals surface area contributed by atoms with Crippen LogP contribution in [-0.2, 0) is 10.3 Å². The summed E-state index contributed by atoms with van der Waals surface area (Å²) in [7, 11) is 0. The van der Waals surface area contributed by atoms with Gasteiger partial charge >= 0.3 is 6.03 Å². The minimum Gasteiger partial charge on any atom is -0.319 e. The van der Waals surface area contributed by atoms with Gasteiger partial charge in [0.1, 0.15) is 11.4 Å². The molecule has 1 aliphatic rings. The molecule has 1 heterocycles. The van der Waals surface area contributed by atoms with E-state index in [-0.39, 0.29) is 18.3 Å². The molecular weight excluding hydrogens is 363 g/mol. The Hall–Kier alpha value is -2.05. The van der Waals surface area contributed by atoms with Gasteiger partial charge in [-0.2, -0.15) is 0 Å². The standard InChI is InChI=1S/C18H16ClFN2O2S/c1-18(12-6-2-3-7-13(12)19)16(23)22(17(24)21-18)10-11-25-15-9-5-4-8-14(15)20/h2-9H,10-11H2,1H3,(H,21,24). The highest BCUT2D eigenvalue weighted by Gasteiger charge is 2.49. The van der Waals surface area contributed by atoms with Gasteiger partial charge in [-0.25, -0.2) is 9.18 Å². The SMILES string of the molecule is CC1(c2ccccc2Cl)NC(=O)N(CCSc2ccccc2F)C1=O. The van der Waals surface area contributed by atoms with E-state index >= 15 is 0 Å². The summed E-state index contributed by atoms with van der Waals surface area (Å²) >= 11 is 7.45. The van der Waals surface area contributed by atoms with Crippen molar-refractivity contribution in [2.75, 3.05) is 12.3 Å². The number of benzene rings is 2. The van der Waals surface area contributed by atoms with Crippen LogP contribution in [0.25, 0.3) is 0 Å². The maximum absolute atomic E-state index is 13.6. The van der Waals surface area contributed by atoms with Gasteiger partial charge in [-0.15, -0.1) is 11.8 Å². The Kier molecular flexibility index (Phi) is 5.01. The van der Waals surface area contributed by atoms with E-state index in [1.807, 2.05) is 0 Å². The van der Waals surface area contributed by atoms with E-state index in [9.17, 15) is 14.0 Å². The Morgan fingerprint density at radius 2 is 1.84 bits per heavy atom. The molecule has 0 radical (unpaired) electrons. The number of nitrogens with one attached hydrogen (secondary N) is 1. The molecule has 1 N–H and O–H groups in total. The third kappa shape index (κ3) is 3.37. The van der Waals surface area contributed by atoms with Gasteiger partial charge in [-0.05, 0) is 25.1 Å². The summed E-state index contributed by atoms with van der Waals surface area (Å²) in [4.78, 5) is 26.7. The molecule has 2 aromatic rings. The van der Waals surface area contributed by atoms with Gasteiger partial charge in [0.05, 0.1) is 0 Å². The fourth-order valence-electron chi connectivity index (χ4n) is 2.76. The van der Waals surface area contributed by atoms with Crippen LogP contribution in [-0.4, -0.2) is 29.1 Å². The number of nitrogens with zero attached hydrogens (tertiary/aromatic N) is 1. The first kappa shape index (κ1) is 17.8. The van der Waals surface area contributed by atoms with Gasteiger partial charge in [0.15, 0.2) is 0 Å². The molecule has 7 heteroatoms. The number of carbonyl (C=O) groups is 2. The molecule has 3 amide bonds. The molecule has 1 unspecified atom stereocenters. The highest BCUT2D eigenvalue weighted by Crippen LogP contribution is 2.33. The second kappa shape index (κ2) is 7.06. The summed E-state index contributed by atoms with van der Waals surface area (Å²) in [5, 5.41) is 3.13. The number of hydrogen-bond acceptors (Lipinski definition) is 3. The maximum Gasteiger partial charge on any atom is 0.325 e. The highest BCUT2D eigenvalue weighted by atomic mass is 35.5. The topological polar surface area (TPSA) is 49.4 Å². The molecule has 4 nitrogen and oxygen atoms in total. The van der Waals surface area contributed by atoms with E-state index in [0.29, 0.717) is 21.2 Å². The van der Waals surface area contributed by atoms with Crippen LogP contribution < -0.4 is 5.32 Å². The highest BCUT2D eigenvalue weighted by molar-refractivity contribution is 7.99. The predicted octanol–water partition coefficient (Wildman–Crippen LogP) is 4.04. The van der Waals surface area contributed by atoms with E-state index in [0.717, 1.165) is 4.90 Å².